The van der Waals surface area contributed by atoms with Gasteiger partial charge in [0.1, 0.15) is 5.82 Å². The molecule has 0 bridgehead atoms. The van der Waals surface area contributed by atoms with Crippen molar-refractivity contribution in [2.24, 2.45) is 0 Å². The van der Waals surface area contributed by atoms with Gasteiger partial charge in [-0.1, -0.05) is 30.3 Å². The summed E-state index contributed by atoms with van der Waals surface area (Å²) in [6, 6.07) is 12.5. The molecule has 2 aromatic rings. The lowest BCUT2D eigenvalue weighted by atomic mass is 10.1. The molecule has 148 valence electrons. The van der Waals surface area contributed by atoms with Gasteiger partial charge < -0.3 is 10.2 Å². The Bertz CT molecular complexity index is 828. The minimum absolute atomic E-state index is 0.00244. The number of aromatic nitrogens is 1. The van der Waals surface area contributed by atoms with Gasteiger partial charge in [-0.15, -0.1) is 0 Å². The lowest BCUT2D eigenvalue weighted by Gasteiger charge is -2.23. The molecular formula is C20H25N5O3. The summed E-state index contributed by atoms with van der Waals surface area (Å²) >= 11 is 0. The average molecular weight is 383 g/mol. The van der Waals surface area contributed by atoms with Crippen molar-refractivity contribution in [3.63, 3.8) is 0 Å². The van der Waals surface area contributed by atoms with Gasteiger partial charge >= 0.3 is 0 Å². The topological polar surface area (TPSA) is 91.6 Å². The van der Waals surface area contributed by atoms with Crippen LogP contribution in [0, 0.1) is 10.1 Å². The molecule has 1 saturated heterocycles. The molecule has 1 aliphatic heterocycles. The van der Waals surface area contributed by atoms with E-state index in [4.69, 9.17) is 0 Å². The first-order valence-electron chi connectivity index (χ1n) is 9.53. The van der Waals surface area contributed by atoms with E-state index in [0.29, 0.717) is 18.8 Å². The van der Waals surface area contributed by atoms with Crippen LogP contribution < -0.4 is 10.2 Å². The SMILES string of the molecule is CCNC(=O)CN1CCCN(c2ccc([N+](=O)[O-])c(-c3ccccc3)n2)CC1. The van der Waals surface area contributed by atoms with E-state index in [9.17, 15) is 14.9 Å². The molecule has 0 atom stereocenters. The number of pyridine rings is 1. The number of nitrogens with zero attached hydrogens (tertiary/aromatic N) is 4. The van der Waals surface area contributed by atoms with Crippen LogP contribution in [0.1, 0.15) is 13.3 Å². The second-order valence-electron chi connectivity index (χ2n) is 6.73. The van der Waals surface area contributed by atoms with Gasteiger partial charge in [0, 0.05) is 44.4 Å². The molecule has 2 heterocycles. The Hall–Kier alpha value is -3.00. The molecule has 1 fully saturated rings. The molecule has 3 rings (SSSR count). The Morgan fingerprint density at radius 1 is 1.14 bits per heavy atom. The number of amides is 1. The monoisotopic (exact) mass is 383 g/mol. The van der Waals surface area contributed by atoms with Crippen molar-refractivity contribution >= 4 is 17.4 Å². The number of likely N-dealkylation sites (N-methyl/N-ethyl adjacent to an activating group) is 1. The molecule has 1 N–H and O–H groups in total. The van der Waals surface area contributed by atoms with Crippen LogP contribution in [0.15, 0.2) is 42.5 Å². The van der Waals surface area contributed by atoms with Crippen LogP contribution in [0.25, 0.3) is 11.3 Å². The fraction of sp³-hybridized carbons (Fsp3) is 0.400. The van der Waals surface area contributed by atoms with Gasteiger partial charge in [0.2, 0.25) is 5.91 Å². The van der Waals surface area contributed by atoms with Gasteiger partial charge in [-0.25, -0.2) is 4.98 Å². The fourth-order valence-corrected chi connectivity index (χ4v) is 3.39. The van der Waals surface area contributed by atoms with E-state index in [1.807, 2.05) is 37.3 Å². The zero-order chi connectivity index (χ0) is 19.9. The maximum Gasteiger partial charge on any atom is 0.295 e. The summed E-state index contributed by atoms with van der Waals surface area (Å²) in [5.41, 5.74) is 1.11. The standard InChI is InChI=1S/C20H25N5O3/c1-2-21-19(26)15-23-11-6-12-24(14-13-23)18-10-9-17(25(27)28)20(22-18)16-7-4-3-5-8-16/h3-5,7-10H,2,6,11-15H2,1H3,(H,21,26). The molecule has 1 aromatic heterocycles. The van der Waals surface area contributed by atoms with E-state index in [0.717, 1.165) is 44.0 Å². The first-order valence-corrected chi connectivity index (χ1v) is 9.53. The van der Waals surface area contributed by atoms with E-state index in [2.05, 4.69) is 20.1 Å². The van der Waals surface area contributed by atoms with Crippen LogP contribution >= 0.6 is 0 Å². The third kappa shape index (κ3) is 4.83. The molecule has 0 radical (unpaired) electrons. The summed E-state index contributed by atoms with van der Waals surface area (Å²) in [7, 11) is 0. The lowest BCUT2D eigenvalue weighted by molar-refractivity contribution is -0.384. The number of benzene rings is 1. The van der Waals surface area contributed by atoms with Crippen molar-refractivity contribution in [3.05, 3.63) is 52.6 Å². The Kier molecular flexibility index (Phi) is 6.54. The second-order valence-corrected chi connectivity index (χ2v) is 6.73. The minimum Gasteiger partial charge on any atom is -0.355 e. The number of hydrogen-bond donors (Lipinski definition) is 1. The van der Waals surface area contributed by atoms with E-state index in [1.54, 1.807) is 6.07 Å². The Labute approximate surface area is 164 Å². The van der Waals surface area contributed by atoms with Crippen LogP contribution in [0.3, 0.4) is 0 Å². The number of rotatable bonds is 6. The second kappa shape index (κ2) is 9.27. The fourth-order valence-electron chi connectivity index (χ4n) is 3.39. The molecule has 8 heteroatoms. The summed E-state index contributed by atoms with van der Waals surface area (Å²) in [5, 5.41) is 14.3. The molecule has 1 aliphatic rings. The number of nitrogens with one attached hydrogen (secondary N) is 1. The molecule has 1 aromatic carbocycles. The van der Waals surface area contributed by atoms with Crippen molar-refractivity contribution in [3.8, 4) is 11.3 Å². The Morgan fingerprint density at radius 2 is 1.93 bits per heavy atom. The van der Waals surface area contributed by atoms with E-state index >= 15 is 0 Å². The van der Waals surface area contributed by atoms with Gasteiger partial charge in [0.15, 0.2) is 5.69 Å². The predicted molar refractivity (Wildman–Crippen MR) is 108 cm³/mol. The van der Waals surface area contributed by atoms with E-state index in [-0.39, 0.29) is 11.6 Å². The highest BCUT2D eigenvalue weighted by molar-refractivity contribution is 5.78. The first-order chi connectivity index (χ1) is 13.6. The third-order valence-electron chi connectivity index (χ3n) is 4.76. The van der Waals surface area contributed by atoms with Crippen LogP contribution in [0.2, 0.25) is 0 Å². The van der Waals surface area contributed by atoms with Gasteiger partial charge in [-0.05, 0) is 19.4 Å². The van der Waals surface area contributed by atoms with Crippen molar-refractivity contribution in [2.45, 2.75) is 13.3 Å². The molecular weight excluding hydrogens is 358 g/mol. The maximum atomic E-state index is 11.8. The van der Waals surface area contributed by atoms with Crippen molar-refractivity contribution in [1.82, 2.24) is 15.2 Å². The summed E-state index contributed by atoms with van der Waals surface area (Å²) in [6.07, 6.45) is 0.902. The van der Waals surface area contributed by atoms with E-state index in [1.165, 1.54) is 6.07 Å². The van der Waals surface area contributed by atoms with Crippen molar-refractivity contribution < 1.29 is 9.72 Å². The summed E-state index contributed by atoms with van der Waals surface area (Å²) < 4.78 is 0. The maximum absolute atomic E-state index is 11.8. The molecule has 0 spiro atoms. The highest BCUT2D eigenvalue weighted by atomic mass is 16.6. The average Bonchev–Trinajstić information content (AvgIpc) is 2.94. The molecule has 28 heavy (non-hydrogen) atoms. The van der Waals surface area contributed by atoms with Gasteiger partial charge in [0.05, 0.1) is 11.5 Å². The van der Waals surface area contributed by atoms with Gasteiger partial charge in [-0.2, -0.15) is 0 Å². The number of hydrogen-bond acceptors (Lipinski definition) is 6. The summed E-state index contributed by atoms with van der Waals surface area (Å²) in [6.45, 7) is 6.04. The molecule has 0 saturated carbocycles. The third-order valence-corrected chi connectivity index (χ3v) is 4.76. The molecule has 0 aliphatic carbocycles. The smallest absolute Gasteiger partial charge is 0.295 e. The predicted octanol–water partition coefficient (Wildman–Crippen LogP) is 2.31. The van der Waals surface area contributed by atoms with Crippen molar-refractivity contribution in [1.29, 1.82) is 0 Å². The highest BCUT2D eigenvalue weighted by Crippen LogP contribution is 2.30. The van der Waals surface area contributed by atoms with Crippen LogP contribution in [-0.2, 0) is 4.79 Å². The van der Waals surface area contributed by atoms with Gasteiger partial charge in [0.25, 0.3) is 5.69 Å². The normalized spacial score (nSPS) is 15.1. The summed E-state index contributed by atoms with van der Waals surface area (Å²) in [4.78, 5) is 31.8. The zero-order valence-corrected chi connectivity index (χ0v) is 16.0. The van der Waals surface area contributed by atoms with Crippen LogP contribution in [0.5, 0.6) is 0 Å². The Morgan fingerprint density at radius 3 is 2.64 bits per heavy atom. The quantitative estimate of drug-likeness (QED) is 0.608. The molecule has 0 unspecified atom stereocenters. The lowest BCUT2D eigenvalue weighted by Crippen LogP contribution is -2.39. The summed E-state index contributed by atoms with van der Waals surface area (Å²) in [5.74, 6) is 0.764. The Balaban J connectivity index is 1.78. The number of carbonyl (C=O) groups excluding carboxylic acids is 1. The largest absolute Gasteiger partial charge is 0.355 e. The highest BCUT2D eigenvalue weighted by Gasteiger charge is 2.22. The van der Waals surface area contributed by atoms with E-state index < -0.39 is 4.92 Å². The molecule has 8 nitrogen and oxygen atoms in total. The van der Waals surface area contributed by atoms with Crippen LogP contribution in [-0.4, -0.2) is 60.0 Å². The van der Waals surface area contributed by atoms with Crippen LogP contribution in [0.4, 0.5) is 11.5 Å². The first kappa shape index (κ1) is 19.8. The number of anilines is 1. The molecule has 1 amide bonds. The number of carbonyl (C=O) groups is 1. The number of nitro groups is 1. The minimum atomic E-state index is -0.393. The van der Waals surface area contributed by atoms with Gasteiger partial charge in [-0.3, -0.25) is 19.8 Å². The van der Waals surface area contributed by atoms with Crippen molar-refractivity contribution in [2.75, 3.05) is 44.2 Å². The zero-order valence-electron chi connectivity index (χ0n) is 16.0.